The van der Waals surface area contributed by atoms with Crippen LogP contribution < -0.4 is 4.74 Å². The lowest BCUT2D eigenvalue weighted by atomic mass is 9.92. The van der Waals surface area contributed by atoms with Crippen molar-refractivity contribution in [3.05, 3.63) is 52.8 Å². The Kier molecular flexibility index (Phi) is 5.85. The lowest BCUT2D eigenvalue weighted by Gasteiger charge is -2.32. The molecular weight excluding hydrogens is 372 g/mol. The number of nitrogens with zero attached hydrogens (tertiary/aromatic N) is 2. The van der Waals surface area contributed by atoms with Crippen LogP contribution in [-0.4, -0.2) is 37.9 Å². The molecule has 3 rings (SSSR count). The van der Waals surface area contributed by atoms with E-state index in [-0.39, 0.29) is 10.8 Å². The zero-order valence-electron chi connectivity index (χ0n) is 15.0. The molecule has 0 saturated carbocycles. The van der Waals surface area contributed by atoms with Crippen LogP contribution in [0.25, 0.3) is 0 Å². The largest absolute Gasteiger partial charge is 0.496 e. The summed E-state index contributed by atoms with van der Waals surface area (Å²) in [7, 11) is -1.90. The monoisotopic (exact) mass is 394 g/mol. The van der Waals surface area contributed by atoms with E-state index < -0.39 is 10.0 Å². The molecule has 26 heavy (non-hydrogen) atoms. The Morgan fingerprint density at radius 3 is 2.85 bits per heavy atom. The normalized spacial score (nSPS) is 18.7. The van der Waals surface area contributed by atoms with Crippen LogP contribution in [0.3, 0.4) is 0 Å². The van der Waals surface area contributed by atoms with Gasteiger partial charge in [-0.3, -0.25) is 0 Å². The fourth-order valence-electron chi connectivity index (χ4n) is 3.42. The van der Waals surface area contributed by atoms with Crippen molar-refractivity contribution in [1.29, 1.82) is 0 Å². The third-order valence-electron chi connectivity index (χ3n) is 4.81. The van der Waals surface area contributed by atoms with Gasteiger partial charge in [-0.15, -0.1) is 0 Å². The average Bonchev–Trinajstić information content (AvgIpc) is 2.64. The molecule has 0 N–H and O–H groups in total. The Morgan fingerprint density at radius 1 is 1.35 bits per heavy atom. The molecule has 0 aliphatic carbocycles. The van der Waals surface area contributed by atoms with Gasteiger partial charge in [0.25, 0.3) is 0 Å². The Morgan fingerprint density at radius 2 is 2.12 bits per heavy atom. The highest BCUT2D eigenvalue weighted by molar-refractivity contribution is 7.89. The quantitative estimate of drug-likeness (QED) is 0.725. The number of benzene rings is 1. The van der Waals surface area contributed by atoms with Gasteiger partial charge < -0.3 is 4.74 Å². The number of para-hydroxylation sites is 1. The molecule has 0 spiro atoms. The fourth-order valence-corrected chi connectivity index (χ4v) is 5.11. The van der Waals surface area contributed by atoms with E-state index in [9.17, 15) is 8.42 Å². The summed E-state index contributed by atoms with van der Waals surface area (Å²) >= 11 is 5.93. The van der Waals surface area contributed by atoms with E-state index in [1.165, 1.54) is 6.20 Å². The van der Waals surface area contributed by atoms with Crippen LogP contribution in [0.4, 0.5) is 0 Å². The summed E-state index contributed by atoms with van der Waals surface area (Å²) in [4.78, 5) is 4.20. The smallest absolute Gasteiger partial charge is 0.244 e. The van der Waals surface area contributed by atoms with Crippen molar-refractivity contribution in [2.45, 2.75) is 31.1 Å². The maximum Gasteiger partial charge on any atom is 0.244 e. The number of rotatable bonds is 5. The highest BCUT2D eigenvalue weighted by Gasteiger charge is 2.31. The van der Waals surface area contributed by atoms with Crippen LogP contribution in [0.15, 0.2) is 41.4 Å². The molecular formula is C19H23ClN2O3S. The van der Waals surface area contributed by atoms with Gasteiger partial charge >= 0.3 is 0 Å². The topological polar surface area (TPSA) is 59.5 Å². The second kappa shape index (κ2) is 7.94. The van der Waals surface area contributed by atoms with Gasteiger partial charge in [0.1, 0.15) is 15.8 Å². The van der Waals surface area contributed by atoms with Crippen molar-refractivity contribution >= 4 is 21.6 Å². The van der Waals surface area contributed by atoms with Crippen molar-refractivity contribution in [3.8, 4) is 5.75 Å². The standard InChI is InChI=1S/C19H23ClN2O3S/c1-14-10-17(12-21-19(14)20)26(23,24)22-9-5-6-15(13-22)11-16-7-3-4-8-18(16)25-2/h3-4,7-8,10,12,15H,5-6,9,11,13H2,1-2H3. The molecule has 1 aromatic heterocycles. The summed E-state index contributed by atoms with van der Waals surface area (Å²) in [5, 5.41) is 0.330. The molecule has 1 aromatic carbocycles. The van der Waals surface area contributed by atoms with Gasteiger partial charge in [-0.2, -0.15) is 4.31 Å². The SMILES string of the molecule is COc1ccccc1CC1CCCN(S(=O)(=O)c2cnc(Cl)c(C)c2)C1. The first-order chi connectivity index (χ1) is 12.4. The summed E-state index contributed by atoms with van der Waals surface area (Å²) in [6.07, 6.45) is 3.99. The molecule has 2 aromatic rings. The predicted octanol–water partition coefficient (Wildman–Crippen LogP) is 3.70. The number of halogens is 1. The van der Waals surface area contributed by atoms with Gasteiger partial charge in [0, 0.05) is 19.3 Å². The zero-order chi connectivity index (χ0) is 18.7. The summed E-state index contributed by atoms with van der Waals surface area (Å²) in [6, 6.07) is 9.50. The number of piperidine rings is 1. The van der Waals surface area contributed by atoms with Crippen LogP contribution in [0, 0.1) is 12.8 Å². The molecule has 0 bridgehead atoms. The van der Waals surface area contributed by atoms with Crippen LogP contribution in [-0.2, 0) is 16.4 Å². The summed E-state index contributed by atoms with van der Waals surface area (Å²) in [5.41, 5.74) is 1.78. The number of sulfonamides is 1. The molecule has 1 atom stereocenters. The van der Waals surface area contributed by atoms with Gasteiger partial charge in [0.05, 0.1) is 7.11 Å². The molecule has 1 aliphatic heterocycles. The zero-order valence-corrected chi connectivity index (χ0v) is 16.6. The maximum atomic E-state index is 13.0. The molecule has 7 heteroatoms. The molecule has 2 heterocycles. The highest BCUT2D eigenvalue weighted by Crippen LogP contribution is 2.29. The fraction of sp³-hybridized carbons (Fsp3) is 0.421. The van der Waals surface area contributed by atoms with Crippen molar-refractivity contribution in [2.24, 2.45) is 5.92 Å². The summed E-state index contributed by atoms with van der Waals surface area (Å²) < 4.78 is 33.0. The number of aromatic nitrogens is 1. The number of ether oxygens (including phenoxy) is 1. The van der Waals surface area contributed by atoms with Gasteiger partial charge in [-0.1, -0.05) is 29.8 Å². The Hall–Kier alpha value is -1.63. The van der Waals surface area contributed by atoms with E-state index in [1.807, 2.05) is 24.3 Å². The Bertz CT molecular complexity index is 886. The predicted molar refractivity (Wildman–Crippen MR) is 102 cm³/mol. The number of hydrogen-bond donors (Lipinski definition) is 0. The van der Waals surface area contributed by atoms with Crippen molar-refractivity contribution in [3.63, 3.8) is 0 Å². The first-order valence-corrected chi connectivity index (χ1v) is 10.5. The molecule has 5 nitrogen and oxygen atoms in total. The summed E-state index contributed by atoms with van der Waals surface area (Å²) in [5.74, 6) is 1.11. The first-order valence-electron chi connectivity index (χ1n) is 8.66. The van der Waals surface area contributed by atoms with Gasteiger partial charge in [0.2, 0.25) is 10.0 Å². The third kappa shape index (κ3) is 4.03. The third-order valence-corrected chi connectivity index (χ3v) is 7.04. The van der Waals surface area contributed by atoms with Crippen LogP contribution >= 0.6 is 11.6 Å². The summed E-state index contributed by atoms with van der Waals surface area (Å²) in [6.45, 7) is 2.80. The van der Waals surface area contributed by atoms with Crippen LogP contribution in [0.5, 0.6) is 5.75 Å². The minimum absolute atomic E-state index is 0.206. The van der Waals surface area contributed by atoms with E-state index in [2.05, 4.69) is 4.98 Å². The molecule has 140 valence electrons. The van der Waals surface area contributed by atoms with Crippen molar-refractivity contribution < 1.29 is 13.2 Å². The minimum atomic E-state index is -3.56. The second-order valence-electron chi connectivity index (χ2n) is 6.67. The average molecular weight is 395 g/mol. The maximum absolute atomic E-state index is 13.0. The number of aryl methyl sites for hydroxylation is 1. The van der Waals surface area contributed by atoms with Crippen molar-refractivity contribution in [2.75, 3.05) is 20.2 Å². The number of methoxy groups -OCH3 is 1. The van der Waals surface area contributed by atoms with E-state index in [4.69, 9.17) is 16.3 Å². The van der Waals surface area contributed by atoms with E-state index in [0.717, 1.165) is 30.6 Å². The number of hydrogen-bond acceptors (Lipinski definition) is 4. The van der Waals surface area contributed by atoms with Crippen LogP contribution in [0.2, 0.25) is 5.15 Å². The van der Waals surface area contributed by atoms with Gasteiger partial charge in [-0.05, 0) is 55.4 Å². The van der Waals surface area contributed by atoms with E-state index in [1.54, 1.807) is 24.4 Å². The lowest BCUT2D eigenvalue weighted by molar-refractivity contribution is 0.263. The first kappa shape index (κ1) is 19.1. The lowest BCUT2D eigenvalue weighted by Crippen LogP contribution is -2.40. The Balaban J connectivity index is 1.78. The molecule has 1 saturated heterocycles. The highest BCUT2D eigenvalue weighted by atomic mass is 35.5. The van der Waals surface area contributed by atoms with E-state index >= 15 is 0 Å². The molecule has 1 aliphatic rings. The Labute approximate surface area is 160 Å². The molecule has 0 amide bonds. The van der Waals surface area contributed by atoms with Crippen LogP contribution in [0.1, 0.15) is 24.0 Å². The molecule has 0 radical (unpaired) electrons. The number of pyridine rings is 1. The second-order valence-corrected chi connectivity index (χ2v) is 8.96. The minimum Gasteiger partial charge on any atom is -0.496 e. The molecule has 1 unspecified atom stereocenters. The van der Waals surface area contributed by atoms with E-state index in [0.29, 0.717) is 23.8 Å². The molecule has 1 fully saturated rings. The van der Waals surface area contributed by atoms with Gasteiger partial charge in [0.15, 0.2) is 0 Å². The van der Waals surface area contributed by atoms with Crippen molar-refractivity contribution in [1.82, 2.24) is 9.29 Å². The van der Waals surface area contributed by atoms with Gasteiger partial charge in [-0.25, -0.2) is 13.4 Å².